The van der Waals surface area contributed by atoms with Crippen LogP contribution in [-0.4, -0.2) is 35.5 Å². The van der Waals surface area contributed by atoms with Crippen LogP contribution < -0.4 is 5.32 Å². The smallest absolute Gasteiger partial charge is 0.0895 e. The molecule has 0 rings (SSSR count). The minimum Gasteiger partial charge on any atom is -0.394 e. The predicted octanol–water partition coefficient (Wildman–Crippen LogP) is 0.364. The third-order valence-corrected chi connectivity index (χ3v) is 2.17. The van der Waals surface area contributed by atoms with E-state index >= 15 is 0 Å². The lowest BCUT2D eigenvalue weighted by Gasteiger charge is -2.28. The number of hydrogen-bond acceptors (Lipinski definition) is 3. The van der Waals surface area contributed by atoms with Gasteiger partial charge in [-0.25, -0.2) is 0 Å². The minimum absolute atomic E-state index is 0.177. The van der Waals surface area contributed by atoms with Gasteiger partial charge in [0.05, 0.1) is 12.7 Å². The van der Waals surface area contributed by atoms with Gasteiger partial charge in [-0.2, -0.15) is 0 Å². The van der Waals surface area contributed by atoms with E-state index in [2.05, 4.69) is 33.0 Å². The summed E-state index contributed by atoms with van der Waals surface area (Å²) in [7, 11) is 0. The molecule has 2 unspecified atom stereocenters. The summed E-state index contributed by atoms with van der Waals surface area (Å²) in [5.41, 5.74) is 0.190. The number of hydrogen-bond donors (Lipinski definition) is 3. The number of nitrogens with one attached hydrogen (secondary N) is 1. The highest BCUT2D eigenvalue weighted by Crippen LogP contribution is 2.18. The molecule has 0 aliphatic heterocycles. The van der Waals surface area contributed by atoms with Gasteiger partial charge in [0, 0.05) is 12.6 Å². The Balaban J connectivity index is 3.64. The highest BCUT2D eigenvalue weighted by Gasteiger charge is 2.19. The van der Waals surface area contributed by atoms with Crippen LogP contribution in [0, 0.1) is 5.41 Å². The molecule has 3 N–H and O–H groups in total. The van der Waals surface area contributed by atoms with Gasteiger partial charge in [0.2, 0.25) is 0 Å². The Morgan fingerprint density at radius 3 is 2.17 bits per heavy atom. The van der Waals surface area contributed by atoms with Crippen LogP contribution in [0.15, 0.2) is 0 Å². The van der Waals surface area contributed by atoms with E-state index in [4.69, 9.17) is 10.2 Å². The molecule has 0 heterocycles. The molecule has 0 aliphatic carbocycles. The molecule has 3 heteroatoms. The van der Waals surface area contributed by atoms with Crippen molar-refractivity contribution in [3.8, 4) is 0 Å². The van der Waals surface area contributed by atoms with E-state index in [0.717, 1.165) is 0 Å². The van der Waals surface area contributed by atoms with E-state index in [1.165, 1.54) is 0 Å². The largest absolute Gasteiger partial charge is 0.394 e. The van der Waals surface area contributed by atoms with Crippen LogP contribution in [0.2, 0.25) is 0 Å². The number of rotatable bonds is 4. The first-order chi connectivity index (χ1) is 5.38. The van der Waals surface area contributed by atoms with E-state index in [0.29, 0.717) is 12.6 Å². The first-order valence-corrected chi connectivity index (χ1v) is 4.40. The van der Waals surface area contributed by atoms with Crippen molar-refractivity contribution in [2.24, 2.45) is 5.41 Å². The summed E-state index contributed by atoms with van der Waals surface area (Å²) in [6.45, 7) is 8.75. The lowest BCUT2D eigenvalue weighted by molar-refractivity contribution is 0.0877. The van der Waals surface area contributed by atoms with Gasteiger partial charge in [-0.15, -0.1) is 0 Å². The molecule has 0 aromatic heterocycles. The SMILES string of the molecule is CC(NCC(O)CO)C(C)(C)C. The Labute approximate surface area is 74.8 Å². The maximum Gasteiger partial charge on any atom is 0.0895 e. The van der Waals surface area contributed by atoms with Gasteiger partial charge in [-0.05, 0) is 12.3 Å². The van der Waals surface area contributed by atoms with Crippen molar-refractivity contribution in [1.29, 1.82) is 0 Å². The van der Waals surface area contributed by atoms with Crippen molar-refractivity contribution in [2.45, 2.75) is 39.8 Å². The van der Waals surface area contributed by atoms with Crippen LogP contribution in [0.5, 0.6) is 0 Å². The molecule has 0 saturated heterocycles. The van der Waals surface area contributed by atoms with Crippen molar-refractivity contribution >= 4 is 0 Å². The molecular formula is C9H21NO2. The van der Waals surface area contributed by atoms with E-state index in [1.54, 1.807) is 0 Å². The second kappa shape index (κ2) is 4.80. The summed E-state index contributed by atoms with van der Waals surface area (Å²) in [4.78, 5) is 0. The Hall–Kier alpha value is -0.120. The van der Waals surface area contributed by atoms with Crippen LogP contribution in [0.4, 0.5) is 0 Å². The Morgan fingerprint density at radius 2 is 1.83 bits per heavy atom. The molecule has 0 bridgehead atoms. The topological polar surface area (TPSA) is 52.5 Å². The molecule has 0 aromatic carbocycles. The third kappa shape index (κ3) is 4.70. The van der Waals surface area contributed by atoms with E-state index in [9.17, 15) is 0 Å². The molecule has 0 radical (unpaired) electrons. The van der Waals surface area contributed by atoms with Crippen LogP contribution in [0.3, 0.4) is 0 Å². The van der Waals surface area contributed by atoms with Crippen LogP contribution in [0.25, 0.3) is 0 Å². The maximum atomic E-state index is 9.06. The van der Waals surface area contributed by atoms with Crippen molar-refractivity contribution < 1.29 is 10.2 Å². The fraction of sp³-hybridized carbons (Fsp3) is 1.00. The molecule has 3 nitrogen and oxygen atoms in total. The van der Waals surface area contributed by atoms with Gasteiger partial charge in [0.1, 0.15) is 0 Å². The summed E-state index contributed by atoms with van der Waals surface area (Å²) >= 11 is 0. The normalized spacial score (nSPS) is 17.5. The Kier molecular flexibility index (Phi) is 4.75. The monoisotopic (exact) mass is 175 g/mol. The highest BCUT2D eigenvalue weighted by atomic mass is 16.3. The molecule has 0 saturated carbocycles. The van der Waals surface area contributed by atoms with Gasteiger partial charge >= 0.3 is 0 Å². The molecule has 0 fully saturated rings. The fourth-order valence-electron chi connectivity index (χ4n) is 0.684. The summed E-state index contributed by atoms with van der Waals surface area (Å²) in [5.74, 6) is 0. The van der Waals surface area contributed by atoms with Gasteiger partial charge in [-0.3, -0.25) is 0 Å². The average molecular weight is 175 g/mol. The average Bonchev–Trinajstić information content (AvgIpc) is 1.97. The first kappa shape index (κ1) is 11.9. The molecule has 0 aliphatic rings. The van der Waals surface area contributed by atoms with Gasteiger partial charge < -0.3 is 15.5 Å². The second-order valence-electron chi connectivity index (χ2n) is 4.33. The summed E-state index contributed by atoms with van der Waals surface area (Å²) < 4.78 is 0. The molecular weight excluding hydrogens is 154 g/mol. The summed E-state index contributed by atoms with van der Waals surface area (Å²) in [6, 6.07) is 0.332. The van der Waals surface area contributed by atoms with Gasteiger partial charge in [-0.1, -0.05) is 20.8 Å². The quantitative estimate of drug-likeness (QED) is 0.578. The van der Waals surface area contributed by atoms with Crippen molar-refractivity contribution in [1.82, 2.24) is 5.32 Å². The molecule has 0 amide bonds. The predicted molar refractivity (Wildman–Crippen MR) is 50.0 cm³/mol. The number of aliphatic hydroxyl groups is 2. The highest BCUT2D eigenvalue weighted by molar-refractivity contribution is 4.76. The van der Waals surface area contributed by atoms with Crippen molar-refractivity contribution in [2.75, 3.05) is 13.2 Å². The standard InChI is InChI=1S/C9H21NO2/c1-7(9(2,3)4)10-5-8(12)6-11/h7-8,10-12H,5-6H2,1-4H3. The van der Waals surface area contributed by atoms with Crippen LogP contribution >= 0.6 is 0 Å². The fourth-order valence-corrected chi connectivity index (χ4v) is 0.684. The minimum atomic E-state index is -0.644. The third-order valence-electron chi connectivity index (χ3n) is 2.17. The lowest BCUT2D eigenvalue weighted by atomic mass is 9.88. The Bertz CT molecular complexity index is 120. The van der Waals surface area contributed by atoms with Gasteiger partial charge in [0.25, 0.3) is 0 Å². The first-order valence-electron chi connectivity index (χ1n) is 4.40. The van der Waals surface area contributed by atoms with E-state index in [-0.39, 0.29) is 12.0 Å². The van der Waals surface area contributed by atoms with E-state index < -0.39 is 6.10 Å². The van der Waals surface area contributed by atoms with Crippen LogP contribution in [-0.2, 0) is 0 Å². The zero-order valence-corrected chi connectivity index (χ0v) is 8.46. The molecule has 2 atom stereocenters. The zero-order valence-electron chi connectivity index (χ0n) is 8.46. The van der Waals surface area contributed by atoms with E-state index in [1.807, 2.05) is 0 Å². The lowest BCUT2D eigenvalue weighted by Crippen LogP contribution is -2.42. The molecule has 0 aromatic rings. The maximum absolute atomic E-state index is 9.06. The van der Waals surface area contributed by atoms with Crippen LogP contribution in [0.1, 0.15) is 27.7 Å². The zero-order chi connectivity index (χ0) is 9.78. The summed E-state index contributed by atoms with van der Waals surface area (Å²) in [6.07, 6.45) is -0.644. The van der Waals surface area contributed by atoms with Gasteiger partial charge in [0.15, 0.2) is 0 Å². The van der Waals surface area contributed by atoms with Crippen molar-refractivity contribution in [3.63, 3.8) is 0 Å². The molecule has 74 valence electrons. The second-order valence-corrected chi connectivity index (χ2v) is 4.33. The molecule has 12 heavy (non-hydrogen) atoms. The number of aliphatic hydroxyl groups excluding tert-OH is 2. The molecule has 0 spiro atoms. The summed E-state index contributed by atoms with van der Waals surface area (Å²) in [5, 5.41) is 20.8. The Morgan fingerprint density at radius 1 is 1.33 bits per heavy atom. The van der Waals surface area contributed by atoms with Crippen molar-refractivity contribution in [3.05, 3.63) is 0 Å².